The van der Waals surface area contributed by atoms with Crippen LogP contribution in [0.15, 0.2) is 0 Å². The van der Waals surface area contributed by atoms with Gasteiger partial charge in [-0.3, -0.25) is 14.4 Å². The molecular formula is C51H98O6. The van der Waals surface area contributed by atoms with E-state index in [-0.39, 0.29) is 31.1 Å². The second kappa shape index (κ2) is 42.5. The summed E-state index contributed by atoms with van der Waals surface area (Å²) in [6, 6.07) is 0. The Balaban J connectivity index is 4.30. The lowest BCUT2D eigenvalue weighted by atomic mass is 10.0. The predicted molar refractivity (Wildman–Crippen MR) is 243 cm³/mol. The maximum absolute atomic E-state index is 12.7. The Kier molecular flexibility index (Phi) is 41.3. The van der Waals surface area contributed by atoms with Crippen LogP contribution < -0.4 is 0 Å². The van der Waals surface area contributed by atoms with Crippen molar-refractivity contribution in [3.63, 3.8) is 0 Å². The zero-order valence-corrected chi connectivity index (χ0v) is 39.1. The van der Waals surface area contributed by atoms with Gasteiger partial charge in [0.2, 0.25) is 0 Å². The minimum Gasteiger partial charge on any atom is -0.462 e. The summed E-state index contributed by atoms with van der Waals surface area (Å²) in [5.74, 6) is 1.58. The fraction of sp³-hybridized carbons (Fsp3) is 0.941. The van der Waals surface area contributed by atoms with Crippen molar-refractivity contribution >= 4 is 17.9 Å². The van der Waals surface area contributed by atoms with Gasteiger partial charge < -0.3 is 14.2 Å². The molecule has 0 radical (unpaired) electrons. The topological polar surface area (TPSA) is 78.9 Å². The van der Waals surface area contributed by atoms with E-state index in [9.17, 15) is 14.4 Å². The highest BCUT2D eigenvalue weighted by atomic mass is 16.6. The second-order valence-electron chi connectivity index (χ2n) is 18.9. The molecule has 0 bridgehead atoms. The molecule has 0 heterocycles. The molecule has 0 unspecified atom stereocenters. The Morgan fingerprint density at radius 3 is 0.754 bits per heavy atom. The lowest BCUT2D eigenvalue weighted by Crippen LogP contribution is -2.30. The molecule has 0 spiro atoms. The van der Waals surface area contributed by atoms with Crippen LogP contribution in [0.3, 0.4) is 0 Å². The zero-order chi connectivity index (χ0) is 42.0. The van der Waals surface area contributed by atoms with Crippen LogP contribution in [0, 0.1) is 17.8 Å². The molecular weight excluding hydrogens is 709 g/mol. The molecule has 0 aliphatic carbocycles. The first kappa shape index (κ1) is 55.4. The number of carbonyl (C=O) groups excluding carboxylic acids is 3. The van der Waals surface area contributed by atoms with Gasteiger partial charge in [0.1, 0.15) is 13.2 Å². The van der Waals surface area contributed by atoms with Crippen molar-refractivity contribution in [1.29, 1.82) is 0 Å². The van der Waals surface area contributed by atoms with E-state index in [1.54, 1.807) is 0 Å². The Labute approximate surface area is 355 Å². The summed E-state index contributed by atoms with van der Waals surface area (Å²) in [6.45, 7) is 13.7. The van der Waals surface area contributed by atoms with Crippen molar-refractivity contribution in [2.45, 2.75) is 279 Å². The van der Waals surface area contributed by atoms with Crippen molar-refractivity contribution < 1.29 is 28.6 Å². The summed E-state index contributed by atoms with van der Waals surface area (Å²) in [5.41, 5.74) is 0. The lowest BCUT2D eigenvalue weighted by Gasteiger charge is -2.18. The smallest absolute Gasteiger partial charge is 0.306 e. The van der Waals surface area contributed by atoms with Crippen LogP contribution in [-0.2, 0) is 28.6 Å². The van der Waals surface area contributed by atoms with Gasteiger partial charge in [-0.2, -0.15) is 0 Å². The Bertz CT molecular complexity index is 883. The summed E-state index contributed by atoms with van der Waals surface area (Å²) in [5, 5.41) is 0. The zero-order valence-electron chi connectivity index (χ0n) is 39.1. The van der Waals surface area contributed by atoms with Gasteiger partial charge in [-0.25, -0.2) is 0 Å². The highest BCUT2D eigenvalue weighted by Gasteiger charge is 2.19. The van der Waals surface area contributed by atoms with Gasteiger partial charge in [-0.1, -0.05) is 234 Å². The molecule has 0 amide bonds. The van der Waals surface area contributed by atoms with Crippen LogP contribution in [0.25, 0.3) is 0 Å². The number of unbranched alkanes of at least 4 members (excludes halogenated alkanes) is 27. The number of carbonyl (C=O) groups is 3. The largest absolute Gasteiger partial charge is 0.462 e. The van der Waals surface area contributed by atoms with Gasteiger partial charge in [-0.15, -0.1) is 0 Å². The highest BCUT2D eigenvalue weighted by molar-refractivity contribution is 5.71. The van der Waals surface area contributed by atoms with E-state index in [2.05, 4.69) is 41.5 Å². The minimum atomic E-state index is -0.762. The molecule has 1 atom stereocenters. The quantitative estimate of drug-likeness (QED) is 0.0347. The first-order valence-electron chi connectivity index (χ1n) is 25.1. The number of rotatable bonds is 44. The van der Waals surface area contributed by atoms with E-state index in [4.69, 9.17) is 14.2 Å². The average molecular weight is 807 g/mol. The van der Waals surface area contributed by atoms with Gasteiger partial charge in [0.05, 0.1) is 0 Å². The van der Waals surface area contributed by atoms with Crippen LogP contribution in [0.1, 0.15) is 273 Å². The molecule has 0 aliphatic heterocycles. The number of hydrogen-bond donors (Lipinski definition) is 0. The fourth-order valence-corrected chi connectivity index (χ4v) is 7.59. The molecule has 0 fully saturated rings. The van der Waals surface area contributed by atoms with E-state index in [1.807, 2.05) is 0 Å². The van der Waals surface area contributed by atoms with Crippen molar-refractivity contribution in [3.8, 4) is 0 Å². The van der Waals surface area contributed by atoms with Crippen LogP contribution in [0.5, 0.6) is 0 Å². The van der Waals surface area contributed by atoms with E-state index < -0.39 is 6.10 Å². The predicted octanol–water partition coefficient (Wildman–Crippen LogP) is 16.0. The van der Waals surface area contributed by atoms with Gasteiger partial charge in [-0.05, 0) is 37.0 Å². The maximum Gasteiger partial charge on any atom is 0.306 e. The normalized spacial score (nSPS) is 12.2. The van der Waals surface area contributed by atoms with Crippen LogP contribution in [-0.4, -0.2) is 37.2 Å². The molecule has 6 heteroatoms. The molecule has 0 saturated carbocycles. The molecule has 0 aromatic carbocycles. The van der Waals surface area contributed by atoms with Crippen molar-refractivity contribution in [2.75, 3.05) is 13.2 Å². The molecule has 6 nitrogen and oxygen atoms in total. The summed E-state index contributed by atoms with van der Waals surface area (Å²) >= 11 is 0. The van der Waals surface area contributed by atoms with Crippen LogP contribution in [0.4, 0.5) is 0 Å². The van der Waals surface area contributed by atoms with Gasteiger partial charge >= 0.3 is 17.9 Å². The average Bonchev–Trinajstić information content (AvgIpc) is 3.16. The number of ether oxygens (including phenoxy) is 3. The van der Waals surface area contributed by atoms with Gasteiger partial charge in [0, 0.05) is 19.3 Å². The van der Waals surface area contributed by atoms with Gasteiger partial charge in [0.25, 0.3) is 0 Å². The molecule has 338 valence electrons. The summed E-state index contributed by atoms with van der Waals surface area (Å²) in [7, 11) is 0. The fourth-order valence-electron chi connectivity index (χ4n) is 7.59. The first-order chi connectivity index (χ1) is 27.6. The van der Waals surface area contributed by atoms with Crippen LogP contribution >= 0.6 is 0 Å². The lowest BCUT2D eigenvalue weighted by molar-refractivity contribution is -0.167. The SMILES string of the molecule is CC(C)CCCCCCCCCCCCCCCC(=O)OC[C@@H](COC(=O)CCCCCCCCCCC(C)C)OC(=O)CCCCCCCCCCCC(C)C. The van der Waals surface area contributed by atoms with E-state index in [0.717, 1.165) is 75.5 Å². The van der Waals surface area contributed by atoms with Gasteiger partial charge in [0.15, 0.2) is 6.10 Å². The Morgan fingerprint density at radius 1 is 0.298 bits per heavy atom. The van der Waals surface area contributed by atoms with Crippen molar-refractivity contribution in [2.24, 2.45) is 17.8 Å². The summed E-state index contributed by atoms with van der Waals surface area (Å²) in [4.78, 5) is 37.9. The first-order valence-corrected chi connectivity index (χ1v) is 25.1. The van der Waals surface area contributed by atoms with E-state index in [0.29, 0.717) is 19.3 Å². The third-order valence-corrected chi connectivity index (χ3v) is 11.4. The molecule has 0 aromatic rings. The third kappa shape index (κ3) is 45.3. The summed E-state index contributed by atoms with van der Waals surface area (Å²) < 4.78 is 16.8. The standard InChI is InChI=1S/C51H98O6/c1-45(2)37-31-25-19-13-10-8-7-9-11-15-22-28-34-40-49(52)55-43-48(44-56-50(53)41-35-29-23-18-17-21-27-33-39-47(5)6)57-51(54)42-36-30-24-16-12-14-20-26-32-38-46(3)4/h45-48H,7-44H2,1-6H3/t48-/m0/s1. The molecule has 0 aliphatic rings. The molecule has 0 N–H and O–H groups in total. The van der Waals surface area contributed by atoms with Crippen LogP contribution in [0.2, 0.25) is 0 Å². The molecule has 0 saturated heterocycles. The second-order valence-corrected chi connectivity index (χ2v) is 18.9. The summed E-state index contributed by atoms with van der Waals surface area (Å²) in [6.07, 6.45) is 41.0. The Morgan fingerprint density at radius 2 is 0.509 bits per heavy atom. The van der Waals surface area contributed by atoms with Crippen molar-refractivity contribution in [1.82, 2.24) is 0 Å². The minimum absolute atomic E-state index is 0.0653. The van der Waals surface area contributed by atoms with E-state index in [1.165, 1.54) is 154 Å². The Hall–Kier alpha value is -1.59. The van der Waals surface area contributed by atoms with E-state index >= 15 is 0 Å². The third-order valence-electron chi connectivity index (χ3n) is 11.4. The monoisotopic (exact) mass is 807 g/mol. The number of esters is 3. The highest BCUT2D eigenvalue weighted by Crippen LogP contribution is 2.17. The molecule has 0 rings (SSSR count). The number of hydrogen-bond acceptors (Lipinski definition) is 6. The molecule has 57 heavy (non-hydrogen) atoms. The molecule has 0 aromatic heterocycles. The maximum atomic E-state index is 12.7. The van der Waals surface area contributed by atoms with Crippen molar-refractivity contribution in [3.05, 3.63) is 0 Å².